The Bertz CT molecular complexity index is 605. The molecule has 0 bridgehead atoms. The van der Waals surface area contributed by atoms with E-state index in [2.05, 4.69) is 4.31 Å². The fraction of sp³-hybridized carbons (Fsp3) is 0.611. The van der Waals surface area contributed by atoms with Crippen LogP contribution in [0.15, 0.2) is 23.1 Å². The Morgan fingerprint density at radius 3 is 2.52 bits per heavy atom. The maximum Gasteiger partial charge on any atom is 0.339 e. The zero-order chi connectivity index (χ0) is 18.7. The second kappa shape index (κ2) is 8.27. The number of nitrogens with two attached hydrogens (primary N) is 1. The van der Waals surface area contributed by atoms with E-state index in [4.69, 9.17) is 26.8 Å². The molecule has 2 N–H and O–H groups in total. The molecule has 1 aromatic rings. The highest BCUT2D eigenvalue weighted by molar-refractivity contribution is 7.97. The Morgan fingerprint density at radius 1 is 1.36 bits per heavy atom. The number of carbonyl (C=O) groups is 1. The Morgan fingerprint density at radius 2 is 2.00 bits per heavy atom. The molecular weight excluding hydrogens is 360 g/mol. The molecule has 0 radical (unpaired) electrons. The van der Waals surface area contributed by atoms with Gasteiger partial charge < -0.3 is 15.2 Å². The Hall–Kier alpha value is -0.790. The number of carbonyl (C=O) groups excluding carboxylic acids is 1. The van der Waals surface area contributed by atoms with E-state index < -0.39 is 5.60 Å². The van der Waals surface area contributed by atoms with Crippen LogP contribution in [0.25, 0.3) is 0 Å². The first-order chi connectivity index (χ1) is 11.7. The Balaban J connectivity index is 2.11. The van der Waals surface area contributed by atoms with E-state index in [1.807, 2.05) is 26.8 Å². The van der Waals surface area contributed by atoms with Crippen LogP contribution in [-0.4, -0.2) is 48.2 Å². The molecular formula is C18H27ClN2O3S. The van der Waals surface area contributed by atoms with Crippen molar-refractivity contribution in [3.8, 4) is 0 Å². The van der Waals surface area contributed by atoms with Crippen molar-refractivity contribution < 1.29 is 14.3 Å². The number of methoxy groups -OCH3 is 1. The number of halogens is 1. The van der Waals surface area contributed by atoms with Crippen LogP contribution in [0.2, 0.25) is 5.02 Å². The van der Waals surface area contributed by atoms with Crippen LogP contribution >= 0.6 is 23.5 Å². The van der Waals surface area contributed by atoms with Gasteiger partial charge in [0.25, 0.3) is 0 Å². The fourth-order valence-electron chi connectivity index (χ4n) is 2.69. The van der Waals surface area contributed by atoms with Gasteiger partial charge >= 0.3 is 5.97 Å². The normalized spacial score (nSPS) is 18.2. The van der Waals surface area contributed by atoms with Crippen LogP contribution in [0.4, 0.5) is 0 Å². The lowest BCUT2D eigenvalue weighted by Gasteiger charge is -2.39. The third-order valence-electron chi connectivity index (χ3n) is 4.23. The highest BCUT2D eigenvalue weighted by Gasteiger charge is 2.34. The van der Waals surface area contributed by atoms with Gasteiger partial charge in [0.05, 0.1) is 11.2 Å². The van der Waals surface area contributed by atoms with Gasteiger partial charge in [-0.3, -0.25) is 0 Å². The average molecular weight is 387 g/mol. The fourth-order valence-corrected chi connectivity index (χ4v) is 3.88. The molecule has 0 atom stereocenters. The van der Waals surface area contributed by atoms with E-state index in [0.29, 0.717) is 17.1 Å². The minimum atomic E-state index is -0.550. The zero-order valence-electron chi connectivity index (χ0n) is 15.3. The van der Waals surface area contributed by atoms with Gasteiger partial charge in [-0.1, -0.05) is 11.6 Å². The maximum atomic E-state index is 12.5. The SMILES string of the molecule is COC1(CN)CCN(Sc2ccc(Cl)cc2C(=O)OC(C)(C)C)CC1. The largest absolute Gasteiger partial charge is 0.456 e. The van der Waals surface area contributed by atoms with Crippen molar-refractivity contribution in [2.24, 2.45) is 5.73 Å². The molecule has 2 rings (SSSR count). The summed E-state index contributed by atoms with van der Waals surface area (Å²) >= 11 is 7.64. The minimum Gasteiger partial charge on any atom is -0.456 e. The third kappa shape index (κ3) is 5.59. The number of piperidine rings is 1. The third-order valence-corrected chi connectivity index (χ3v) is 5.64. The first-order valence-electron chi connectivity index (χ1n) is 8.39. The van der Waals surface area contributed by atoms with Gasteiger partial charge in [-0.25, -0.2) is 9.10 Å². The number of ether oxygens (including phenoxy) is 2. The molecule has 0 amide bonds. The summed E-state index contributed by atoms with van der Waals surface area (Å²) in [5.41, 5.74) is 5.57. The van der Waals surface area contributed by atoms with E-state index in [1.54, 1.807) is 31.2 Å². The van der Waals surface area contributed by atoms with Gasteiger partial charge in [-0.05, 0) is 63.8 Å². The highest BCUT2D eigenvalue weighted by Crippen LogP contribution is 2.34. The monoisotopic (exact) mass is 386 g/mol. The molecule has 7 heteroatoms. The van der Waals surface area contributed by atoms with Gasteiger partial charge in [0.1, 0.15) is 5.60 Å². The molecule has 0 aliphatic carbocycles. The predicted octanol–water partition coefficient (Wildman–Crippen LogP) is 3.74. The lowest BCUT2D eigenvalue weighted by atomic mass is 9.92. The quantitative estimate of drug-likeness (QED) is 0.614. The lowest BCUT2D eigenvalue weighted by Crippen LogP contribution is -2.48. The molecule has 1 heterocycles. The predicted molar refractivity (Wildman–Crippen MR) is 102 cm³/mol. The molecule has 1 aliphatic rings. The molecule has 5 nitrogen and oxygen atoms in total. The van der Waals surface area contributed by atoms with Crippen molar-refractivity contribution in [2.75, 3.05) is 26.7 Å². The molecule has 0 aromatic heterocycles. The zero-order valence-corrected chi connectivity index (χ0v) is 16.9. The molecule has 1 aromatic carbocycles. The number of hydrogen-bond acceptors (Lipinski definition) is 6. The second-order valence-corrected chi connectivity index (χ2v) is 8.83. The maximum absolute atomic E-state index is 12.5. The summed E-state index contributed by atoms with van der Waals surface area (Å²) in [5.74, 6) is -0.359. The van der Waals surface area contributed by atoms with Gasteiger partial charge in [0, 0.05) is 36.7 Å². The molecule has 1 fully saturated rings. The van der Waals surface area contributed by atoms with E-state index >= 15 is 0 Å². The van der Waals surface area contributed by atoms with Gasteiger partial charge in [-0.2, -0.15) is 0 Å². The smallest absolute Gasteiger partial charge is 0.339 e. The van der Waals surface area contributed by atoms with E-state index in [0.717, 1.165) is 30.8 Å². The molecule has 1 saturated heterocycles. The second-order valence-electron chi connectivity index (χ2n) is 7.25. The average Bonchev–Trinajstić information content (AvgIpc) is 2.56. The number of benzene rings is 1. The number of nitrogens with zero attached hydrogens (tertiary/aromatic N) is 1. The van der Waals surface area contributed by atoms with Crippen molar-refractivity contribution in [2.45, 2.75) is 49.7 Å². The van der Waals surface area contributed by atoms with Crippen molar-refractivity contribution >= 4 is 29.5 Å². The van der Waals surface area contributed by atoms with E-state index in [1.165, 1.54) is 0 Å². The van der Waals surface area contributed by atoms with Crippen LogP contribution in [0.3, 0.4) is 0 Å². The van der Waals surface area contributed by atoms with Crippen LogP contribution in [0.5, 0.6) is 0 Å². The molecule has 0 spiro atoms. The number of esters is 1. The van der Waals surface area contributed by atoms with Crippen molar-refractivity contribution in [1.82, 2.24) is 4.31 Å². The first-order valence-corrected chi connectivity index (χ1v) is 9.54. The lowest BCUT2D eigenvalue weighted by molar-refractivity contribution is -0.0365. The highest BCUT2D eigenvalue weighted by atomic mass is 35.5. The van der Waals surface area contributed by atoms with Crippen LogP contribution in [0, 0.1) is 0 Å². The Labute approximate surface area is 159 Å². The summed E-state index contributed by atoms with van der Waals surface area (Å²) in [6.45, 7) is 7.75. The summed E-state index contributed by atoms with van der Waals surface area (Å²) in [6.07, 6.45) is 1.73. The molecule has 25 heavy (non-hydrogen) atoms. The van der Waals surface area contributed by atoms with Crippen LogP contribution in [-0.2, 0) is 9.47 Å². The summed E-state index contributed by atoms with van der Waals surface area (Å²) in [4.78, 5) is 13.4. The van der Waals surface area contributed by atoms with Crippen LogP contribution in [0.1, 0.15) is 44.0 Å². The summed E-state index contributed by atoms with van der Waals surface area (Å²) in [7, 11) is 1.72. The topological polar surface area (TPSA) is 64.8 Å². The van der Waals surface area contributed by atoms with Crippen LogP contribution < -0.4 is 5.73 Å². The first kappa shape index (κ1) is 20.5. The summed E-state index contributed by atoms with van der Waals surface area (Å²) in [6, 6.07) is 5.33. The van der Waals surface area contributed by atoms with Gasteiger partial charge in [-0.15, -0.1) is 0 Å². The van der Waals surface area contributed by atoms with E-state index in [-0.39, 0.29) is 11.6 Å². The van der Waals surface area contributed by atoms with E-state index in [9.17, 15) is 4.79 Å². The molecule has 0 unspecified atom stereocenters. The summed E-state index contributed by atoms with van der Waals surface area (Å²) in [5, 5.41) is 0.519. The Kier molecular flexibility index (Phi) is 6.79. The summed E-state index contributed by atoms with van der Waals surface area (Å²) < 4.78 is 13.3. The minimum absolute atomic E-state index is 0.231. The van der Waals surface area contributed by atoms with Gasteiger partial charge in [0.2, 0.25) is 0 Å². The molecule has 0 saturated carbocycles. The number of hydrogen-bond donors (Lipinski definition) is 1. The molecule has 1 aliphatic heterocycles. The van der Waals surface area contributed by atoms with Crippen molar-refractivity contribution in [1.29, 1.82) is 0 Å². The number of rotatable bonds is 5. The molecule has 140 valence electrons. The standard InChI is InChI=1S/C18H27ClN2O3S/c1-17(2,3)24-16(22)14-11-13(19)5-6-15(14)25-21-9-7-18(12-20,23-4)8-10-21/h5-6,11H,7-10,12,20H2,1-4H3. The van der Waals surface area contributed by atoms with Crippen molar-refractivity contribution in [3.05, 3.63) is 28.8 Å². The van der Waals surface area contributed by atoms with Gasteiger partial charge in [0.15, 0.2) is 0 Å². The van der Waals surface area contributed by atoms with Crippen molar-refractivity contribution in [3.63, 3.8) is 0 Å².